The molecule has 0 bridgehead atoms. The molecular formula is C23H27NO4S. The molecule has 2 aromatic rings. The predicted molar refractivity (Wildman–Crippen MR) is 114 cm³/mol. The molecule has 2 unspecified atom stereocenters. The molecule has 1 saturated heterocycles. The van der Waals surface area contributed by atoms with Crippen molar-refractivity contribution in [1.82, 2.24) is 0 Å². The van der Waals surface area contributed by atoms with Crippen molar-refractivity contribution in [2.75, 3.05) is 12.0 Å². The number of benzene rings is 1. The van der Waals surface area contributed by atoms with Crippen LogP contribution >= 0.6 is 11.3 Å². The minimum atomic E-state index is -0.612. The van der Waals surface area contributed by atoms with E-state index in [-0.39, 0.29) is 18.4 Å². The van der Waals surface area contributed by atoms with Crippen LogP contribution in [0.2, 0.25) is 0 Å². The molecule has 2 fully saturated rings. The lowest BCUT2D eigenvalue weighted by molar-refractivity contribution is -0.123. The molecule has 1 aromatic carbocycles. The van der Waals surface area contributed by atoms with Crippen molar-refractivity contribution in [3.63, 3.8) is 0 Å². The van der Waals surface area contributed by atoms with E-state index in [2.05, 4.69) is 0 Å². The van der Waals surface area contributed by atoms with Gasteiger partial charge in [-0.3, -0.25) is 4.79 Å². The second kappa shape index (κ2) is 8.67. The van der Waals surface area contributed by atoms with E-state index in [1.54, 1.807) is 4.90 Å². The number of ether oxygens (including phenoxy) is 1. The van der Waals surface area contributed by atoms with E-state index in [0.717, 1.165) is 36.1 Å². The summed E-state index contributed by atoms with van der Waals surface area (Å²) in [5, 5.41) is 10.3. The Balaban J connectivity index is 1.78. The first-order chi connectivity index (χ1) is 14.1. The Hall–Kier alpha value is -2.18. The van der Waals surface area contributed by atoms with Crippen molar-refractivity contribution in [3.8, 4) is 10.4 Å². The number of thiophene rings is 1. The molecule has 0 spiro atoms. The largest absolute Gasteiger partial charge is 0.465 e. The minimum Gasteiger partial charge on any atom is -0.465 e. The Morgan fingerprint density at radius 3 is 2.59 bits per heavy atom. The molecule has 1 aliphatic carbocycles. The number of nitrogens with zero attached hydrogens (tertiary/aromatic N) is 1. The zero-order valence-corrected chi connectivity index (χ0v) is 17.5. The molecular weight excluding hydrogens is 386 g/mol. The smallest absolute Gasteiger partial charge is 0.350 e. The molecule has 0 radical (unpaired) electrons. The van der Waals surface area contributed by atoms with Crippen LogP contribution in [0.25, 0.3) is 10.4 Å². The Morgan fingerprint density at radius 2 is 1.90 bits per heavy atom. The summed E-state index contributed by atoms with van der Waals surface area (Å²) in [6, 6.07) is 11.7. The summed E-state index contributed by atoms with van der Waals surface area (Å²) in [5.74, 6) is -0.177. The highest BCUT2D eigenvalue weighted by molar-refractivity contribution is 7.18. The SMILES string of the molecule is COC(=O)c1sc(-c2ccccc2)cc1N1C(=O)CC(O)CC1C1CCCCC1. The zero-order chi connectivity index (χ0) is 20.4. The van der Waals surface area contributed by atoms with Gasteiger partial charge in [-0.05, 0) is 36.8 Å². The van der Waals surface area contributed by atoms with Gasteiger partial charge in [0.15, 0.2) is 0 Å². The lowest BCUT2D eigenvalue weighted by Crippen LogP contribution is -2.52. The van der Waals surface area contributed by atoms with E-state index in [1.165, 1.54) is 24.9 Å². The summed E-state index contributed by atoms with van der Waals surface area (Å²) in [5.41, 5.74) is 1.64. The number of carbonyl (C=O) groups is 2. The third kappa shape index (κ3) is 4.09. The predicted octanol–water partition coefficient (Wildman–Crippen LogP) is 4.64. The molecule has 6 heteroatoms. The molecule has 1 N–H and O–H groups in total. The maximum Gasteiger partial charge on any atom is 0.350 e. The Bertz CT molecular complexity index is 872. The highest BCUT2D eigenvalue weighted by Crippen LogP contribution is 2.43. The number of piperidine rings is 1. The third-order valence-electron chi connectivity index (χ3n) is 6.12. The summed E-state index contributed by atoms with van der Waals surface area (Å²) in [6.07, 6.45) is 5.70. The van der Waals surface area contributed by atoms with Crippen molar-refractivity contribution in [2.45, 2.75) is 57.1 Å². The zero-order valence-electron chi connectivity index (χ0n) is 16.7. The average Bonchev–Trinajstić information content (AvgIpc) is 3.19. The topological polar surface area (TPSA) is 66.8 Å². The van der Waals surface area contributed by atoms with Crippen molar-refractivity contribution in [2.24, 2.45) is 5.92 Å². The van der Waals surface area contributed by atoms with Crippen molar-refractivity contribution in [3.05, 3.63) is 41.3 Å². The minimum absolute atomic E-state index is 0.0758. The molecule has 1 aliphatic heterocycles. The van der Waals surface area contributed by atoms with Gasteiger partial charge in [0, 0.05) is 10.9 Å². The maximum atomic E-state index is 13.1. The first kappa shape index (κ1) is 20.1. The van der Waals surface area contributed by atoms with E-state index in [1.807, 2.05) is 36.4 Å². The summed E-state index contributed by atoms with van der Waals surface area (Å²) >= 11 is 1.36. The number of esters is 1. The molecule has 1 aromatic heterocycles. The van der Waals surface area contributed by atoms with Gasteiger partial charge in [-0.15, -0.1) is 11.3 Å². The summed E-state index contributed by atoms with van der Waals surface area (Å²) < 4.78 is 5.04. The van der Waals surface area contributed by atoms with Crippen molar-refractivity contribution < 1.29 is 19.4 Å². The van der Waals surface area contributed by atoms with Gasteiger partial charge in [0.1, 0.15) is 4.88 Å². The van der Waals surface area contributed by atoms with Gasteiger partial charge in [-0.1, -0.05) is 49.6 Å². The molecule has 154 valence electrons. The molecule has 4 rings (SSSR count). The van der Waals surface area contributed by atoms with Gasteiger partial charge in [-0.25, -0.2) is 4.79 Å². The van der Waals surface area contributed by atoms with E-state index in [4.69, 9.17) is 4.74 Å². The number of rotatable bonds is 4. The van der Waals surface area contributed by atoms with Crippen LogP contribution in [0.15, 0.2) is 36.4 Å². The van der Waals surface area contributed by atoms with Crippen LogP contribution in [0.1, 0.15) is 54.6 Å². The molecule has 1 saturated carbocycles. The Kier molecular flexibility index (Phi) is 6.01. The molecule has 2 aliphatic rings. The third-order valence-corrected chi connectivity index (χ3v) is 7.27. The maximum absolute atomic E-state index is 13.1. The summed E-state index contributed by atoms with van der Waals surface area (Å²) in [4.78, 5) is 28.9. The summed E-state index contributed by atoms with van der Waals surface area (Å²) in [6.45, 7) is 0. The molecule has 5 nitrogen and oxygen atoms in total. The lowest BCUT2D eigenvalue weighted by atomic mass is 9.79. The van der Waals surface area contributed by atoms with Gasteiger partial charge in [0.25, 0.3) is 0 Å². The number of aliphatic hydroxyl groups excluding tert-OH is 1. The van der Waals surface area contributed by atoms with Gasteiger partial charge in [0.05, 0.1) is 25.3 Å². The lowest BCUT2D eigenvalue weighted by Gasteiger charge is -2.43. The standard InChI is InChI=1S/C23H27NO4S/c1-28-23(27)22-19(14-20(29-22)16-10-6-3-7-11-16)24-18(12-17(25)13-21(24)26)15-8-4-2-5-9-15/h3,6-7,10-11,14-15,17-18,25H,2,4-5,8-9,12-13H2,1H3. The second-order valence-corrected chi connectivity index (χ2v) is 9.06. The highest BCUT2D eigenvalue weighted by atomic mass is 32.1. The van der Waals surface area contributed by atoms with E-state index >= 15 is 0 Å². The second-order valence-electron chi connectivity index (χ2n) is 8.01. The normalized spacial score (nSPS) is 23.2. The average molecular weight is 414 g/mol. The van der Waals surface area contributed by atoms with Gasteiger partial charge >= 0.3 is 5.97 Å². The number of aliphatic hydroxyl groups is 1. The van der Waals surface area contributed by atoms with Crippen LogP contribution in [0.5, 0.6) is 0 Å². The van der Waals surface area contributed by atoms with Gasteiger partial charge < -0.3 is 14.7 Å². The fourth-order valence-electron chi connectivity index (χ4n) is 4.73. The fourth-order valence-corrected chi connectivity index (χ4v) is 5.80. The van der Waals surface area contributed by atoms with Crippen LogP contribution in [0.3, 0.4) is 0 Å². The van der Waals surface area contributed by atoms with E-state index < -0.39 is 12.1 Å². The van der Waals surface area contributed by atoms with Gasteiger partial charge in [0.2, 0.25) is 5.91 Å². The Morgan fingerprint density at radius 1 is 1.17 bits per heavy atom. The van der Waals surface area contributed by atoms with Crippen LogP contribution < -0.4 is 4.90 Å². The number of hydrogen-bond donors (Lipinski definition) is 1. The van der Waals surface area contributed by atoms with Crippen LogP contribution in [0, 0.1) is 5.92 Å². The molecule has 29 heavy (non-hydrogen) atoms. The van der Waals surface area contributed by atoms with Crippen LogP contribution in [0.4, 0.5) is 5.69 Å². The first-order valence-electron chi connectivity index (χ1n) is 10.4. The van der Waals surface area contributed by atoms with E-state index in [9.17, 15) is 14.7 Å². The molecule has 2 heterocycles. The molecule has 1 amide bonds. The number of amides is 1. The number of carbonyl (C=O) groups excluding carboxylic acids is 2. The number of anilines is 1. The van der Waals surface area contributed by atoms with Crippen LogP contribution in [-0.2, 0) is 9.53 Å². The Labute approximate surface area is 175 Å². The summed E-state index contributed by atoms with van der Waals surface area (Å²) in [7, 11) is 1.37. The van der Waals surface area contributed by atoms with Gasteiger partial charge in [-0.2, -0.15) is 0 Å². The fraction of sp³-hybridized carbons (Fsp3) is 0.478. The highest BCUT2D eigenvalue weighted by Gasteiger charge is 2.41. The molecule has 2 atom stereocenters. The first-order valence-corrected chi connectivity index (χ1v) is 11.2. The van der Waals surface area contributed by atoms with Crippen molar-refractivity contribution in [1.29, 1.82) is 0 Å². The quantitative estimate of drug-likeness (QED) is 0.742. The number of methoxy groups -OCH3 is 1. The monoisotopic (exact) mass is 413 g/mol. The van der Waals surface area contributed by atoms with E-state index in [0.29, 0.717) is 22.9 Å². The van der Waals surface area contributed by atoms with Crippen molar-refractivity contribution >= 4 is 28.9 Å². The number of hydrogen-bond acceptors (Lipinski definition) is 5. The van der Waals surface area contributed by atoms with Crippen LogP contribution in [-0.4, -0.2) is 36.2 Å².